The Hall–Kier alpha value is -1.76. The van der Waals surface area contributed by atoms with Crippen molar-refractivity contribution < 1.29 is 4.79 Å². The molecule has 2 heterocycles. The van der Waals surface area contributed by atoms with Crippen LogP contribution in [0.25, 0.3) is 0 Å². The summed E-state index contributed by atoms with van der Waals surface area (Å²) >= 11 is 2.33. The Morgan fingerprint density at radius 3 is 2.53 bits per heavy atom. The fourth-order valence-electron chi connectivity index (χ4n) is 7.03. The molecule has 1 aromatic carbocycles. The third-order valence-corrected chi connectivity index (χ3v) is 8.34. The number of carbonyl (C=O) groups is 1. The Balaban J connectivity index is 1.32. The first kappa shape index (κ1) is 19.0. The first-order valence-corrected chi connectivity index (χ1v) is 12.2. The molecule has 0 radical (unpaired) electrons. The molecule has 7 rings (SSSR count). The highest BCUT2D eigenvalue weighted by atomic mass is 127. The third-order valence-electron chi connectivity index (χ3n) is 7.71. The summed E-state index contributed by atoms with van der Waals surface area (Å²) in [5.74, 6) is 4.01. The molecule has 0 aromatic heterocycles. The van der Waals surface area contributed by atoms with E-state index in [1.54, 1.807) is 0 Å². The quantitative estimate of drug-likeness (QED) is 0.484. The Labute approximate surface area is 191 Å². The molecular formula is C25H26IN3O. The average molecular weight is 511 g/mol. The van der Waals surface area contributed by atoms with Crippen LogP contribution in [0.1, 0.15) is 56.1 Å². The van der Waals surface area contributed by atoms with Gasteiger partial charge in [-0.25, -0.2) is 4.99 Å². The Bertz CT molecular complexity index is 999. The molecule has 1 aromatic rings. The summed E-state index contributed by atoms with van der Waals surface area (Å²) in [4.78, 5) is 24.8. The van der Waals surface area contributed by atoms with Crippen molar-refractivity contribution in [2.45, 2.75) is 51.5 Å². The van der Waals surface area contributed by atoms with Gasteiger partial charge in [0, 0.05) is 28.3 Å². The first-order chi connectivity index (χ1) is 14.6. The van der Waals surface area contributed by atoms with E-state index in [9.17, 15) is 4.79 Å². The number of hydrogen-bond donors (Lipinski definition) is 0. The molecule has 4 nitrogen and oxygen atoms in total. The van der Waals surface area contributed by atoms with Crippen molar-refractivity contribution in [3.63, 3.8) is 0 Å². The lowest BCUT2D eigenvalue weighted by Crippen LogP contribution is -2.46. The SMILES string of the molecule is O=C(CC12CC3CC(CC(C3)C1)C2)N=C1N=C2C=CC(I)=CN2Cc2ccccc21. The second-order valence-corrected chi connectivity index (χ2v) is 11.3. The van der Waals surface area contributed by atoms with E-state index in [2.05, 4.69) is 50.8 Å². The number of rotatable bonds is 2. The summed E-state index contributed by atoms with van der Waals surface area (Å²) in [6.07, 6.45) is 14.7. The van der Waals surface area contributed by atoms with E-state index in [0.717, 1.165) is 41.3 Å². The number of carbonyl (C=O) groups excluding carboxylic acids is 1. The van der Waals surface area contributed by atoms with Crippen molar-refractivity contribution in [3.8, 4) is 0 Å². The zero-order valence-corrected chi connectivity index (χ0v) is 19.2. The Morgan fingerprint density at radius 2 is 1.80 bits per heavy atom. The number of aliphatic imine (C=N–C) groups is 2. The lowest BCUT2D eigenvalue weighted by atomic mass is 9.49. The molecule has 4 fully saturated rings. The van der Waals surface area contributed by atoms with Gasteiger partial charge in [-0.3, -0.25) is 4.79 Å². The topological polar surface area (TPSA) is 45.0 Å². The van der Waals surface area contributed by atoms with Crippen molar-refractivity contribution in [2.75, 3.05) is 0 Å². The van der Waals surface area contributed by atoms with Gasteiger partial charge < -0.3 is 4.90 Å². The maximum absolute atomic E-state index is 13.2. The van der Waals surface area contributed by atoms with E-state index in [1.165, 1.54) is 42.1 Å². The molecule has 0 atom stereocenters. The molecule has 30 heavy (non-hydrogen) atoms. The summed E-state index contributed by atoms with van der Waals surface area (Å²) in [6.45, 7) is 0.744. The zero-order chi connectivity index (χ0) is 20.3. The number of amidine groups is 2. The maximum Gasteiger partial charge on any atom is 0.248 e. The van der Waals surface area contributed by atoms with E-state index in [4.69, 9.17) is 4.99 Å². The van der Waals surface area contributed by atoms with Crippen LogP contribution in [-0.4, -0.2) is 22.5 Å². The molecule has 0 unspecified atom stereocenters. The van der Waals surface area contributed by atoms with Gasteiger partial charge in [0.2, 0.25) is 5.91 Å². The van der Waals surface area contributed by atoms with Crippen LogP contribution < -0.4 is 0 Å². The van der Waals surface area contributed by atoms with Crippen molar-refractivity contribution >= 4 is 40.2 Å². The number of nitrogens with zero attached hydrogens (tertiary/aromatic N) is 3. The van der Waals surface area contributed by atoms with Crippen molar-refractivity contribution in [3.05, 3.63) is 57.3 Å². The summed E-state index contributed by atoms with van der Waals surface area (Å²) in [5, 5.41) is 0. The zero-order valence-electron chi connectivity index (χ0n) is 17.1. The minimum atomic E-state index is 0.0180. The van der Waals surface area contributed by atoms with Crippen molar-refractivity contribution in [1.82, 2.24) is 4.90 Å². The minimum Gasteiger partial charge on any atom is -0.327 e. The number of allylic oxidation sites excluding steroid dienone is 2. The average Bonchev–Trinajstić information content (AvgIpc) is 2.82. The third kappa shape index (κ3) is 3.39. The van der Waals surface area contributed by atoms with Gasteiger partial charge in [0.25, 0.3) is 0 Å². The number of amides is 1. The molecule has 2 aliphatic heterocycles. The molecule has 6 aliphatic rings. The van der Waals surface area contributed by atoms with E-state index in [0.29, 0.717) is 12.3 Å². The molecule has 1 amide bonds. The van der Waals surface area contributed by atoms with Gasteiger partial charge in [0.05, 0.1) is 0 Å². The van der Waals surface area contributed by atoms with Gasteiger partial charge in [-0.2, -0.15) is 4.99 Å². The monoisotopic (exact) mass is 511 g/mol. The number of benzene rings is 1. The van der Waals surface area contributed by atoms with E-state index >= 15 is 0 Å². The van der Waals surface area contributed by atoms with Gasteiger partial charge in [0.15, 0.2) is 5.84 Å². The molecule has 0 N–H and O–H groups in total. The van der Waals surface area contributed by atoms with Crippen molar-refractivity contribution in [2.24, 2.45) is 33.2 Å². The Morgan fingerprint density at radius 1 is 1.10 bits per heavy atom. The van der Waals surface area contributed by atoms with Gasteiger partial charge in [0.1, 0.15) is 5.84 Å². The highest BCUT2D eigenvalue weighted by Gasteiger charge is 2.51. The normalized spacial score (nSPS) is 34.9. The van der Waals surface area contributed by atoms with Crippen LogP contribution in [0, 0.1) is 23.2 Å². The summed E-state index contributed by atoms with van der Waals surface area (Å²) in [7, 11) is 0. The molecule has 0 spiro atoms. The van der Waals surface area contributed by atoms with Gasteiger partial charge in [-0.1, -0.05) is 24.3 Å². The number of hydrogen-bond acceptors (Lipinski definition) is 2. The van der Waals surface area contributed by atoms with E-state index < -0.39 is 0 Å². The molecular weight excluding hydrogens is 485 g/mol. The van der Waals surface area contributed by atoms with Crippen LogP contribution >= 0.6 is 22.6 Å². The molecule has 4 bridgehead atoms. The predicted octanol–water partition coefficient (Wildman–Crippen LogP) is 5.63. The summed E-state index contributed by atoms with van der Waals surface area (Å²) in [6, 6.07) is 8.23. The number of fused-ring (bicyclic) bond motifs is 2. The van der Waals surface area contributed by atoms with Crippen molar-refractivity contribution in [1.29, 1.82) is 0 Å². The molecule has 0 saturated heterocycles. The molecule has 5 heteroatoms. The molecule has 154 valence electrons. The van der Waals surface area contributed by atoms with Gasteiger partial charge in [-0.05, 0) is 102 Å². The van der Waals surface area contributed by atoms with Crippen LogP contribution in [0.2, 0.25) is 0 Å². The van der Waals surface area contributed by atoms with E-state index in [-0.39, 0.29) is 11.3 Å². The van der Waals surface area contributed by atoms with Crippen LogP contribution in [0.4, 0.5) is 0 Å². The molecule has 4 aliphatic carbocycles. The second kappa shape index (κ2) is 7.14. The van der Waals surface area contributed by atoms with Crippen LogP contribution in [0.15, 0.2) is 56.2 Å². The summed E-state index contributed by atoms with van der Waals surface area (Å²) in [5.41, 5.74) is 2.35. The fourth-order valence-corrected chi connectivity index (χ4v) is 7.55. The molecule has 4 saturated carbocycles. The standard InChI is InChI=1S/C25H26IN3O/c26-20-5-6-22-27-24(21-4-2-1-3-19(21)14-29(22)15-20)28-23(30)13-25-10-16-7-17(11-25)9-18(8-16)12-25/h1-6,15-18H,7-14H2. The second-order valence-electron chi connectivity index (χ2n) is 10.0. The summed E-state index contributed by atoms with van der Waals surface area (Å²) < 4.78 is 1.17. The number of halogens is 1. The Kier molecular flexibility index (Phi) is 4.52. The van der Waals surface area contributed by atoms with Gasteiger partial charge in [-0.15, -0.1) is 0 Å². The minimum absolute atomic E-state index is 0.0180. The highest BCUT2D eigenvalue weighted by Crippen LogP contribution is 2.61. The maximum atomic E-state index is 13.2. The first-order valence-electron chi connectivity index (χ1n) is 11.2. The fraction of sp³-hybridized carbons (Fsp3) is 0.480. The lowest BCUT2D eigenvalue weighted by molar-refractivity contribution is -0.126. The van der Waals surface area contributed by atoms with E-state index in [1.807, 2.05) is 24.3 Å². The van der Waals surface area contributed by atoms with Gasteiger partial charge >= 0.3 is 0 Å². The van der Waals surface area contributed by atoms with Crippen LogP contribution in [-0.2, 0) is 11.3 Å². The highest BCUT2D eigenvalue weighted by molar-refractivity contribution is 14.1. The van der Waals surface area contributed by atoms with Crippen LogP contribution in [0.3, 0.4) is 0 Å². The predicted molar refractivity (Wildman–Crippen MR) is 127 cm³/mol. The van der Waals surface area contributed by atoms with Crippen LogP contribution in [0.5, 0.6) is 0 Å². The largest absolute Gasteiger partial charge is 0.327 e. The smallest absolute Gasteiger partial charge is 0.248 e. The lowest BCUT2D eigenvalue weighted by Gasteiger charge is -2.56.